The minimum atomic E-state index is -0.218. The summed E-state index contributed by atoms with van der Waals surface area (Å²) in [5.74, 6) is 0.600. The van der Waals surface area contributed by atoms with Crippen molar-refractivity contribution in [3.63, 3.8) is 0 Å². The molecular formula is C16H21N4O2S. The molecule has 0 fully saturated rings. The molecule has 0 aliphatic carbocycles. The lowest BCUT2D eigenvalue weighted by Crippen LogP contribution is -2.29. The lowest BCUT2D eigenvalue weighted by Gasteiger charge is -2.10. The quantitative estimate of drug-likeness (QED) is 0.668. The van der Waals surface area contributed by atoms with Gasteiger partial charge in [0.05, 0.1) is 6.20 Å². The number of nitrogens with two attached hydrogens (primary N) is 1. The molecule has 1 heterocycles. The molecule has 6 nitrogen and oxygen atoms in total. The van der Waals surface area contributed by atoms with E-state index in [-0.39, 0.29) is 6.03 Å². The van der Waals surface area contributed by atoms with Gasteiger partial charge in [-0.25, -0.2) is 9.78 Å². The summed E-state index contributed by atoms with van der Waals surface area (Å²) in [6.45, 7) is 6.73. The molecule has 0 aliphatic heterocycles. The highest BCUT2D eigenvalue weighted by Gasteiger charge is 2.07. The van der Waals surface area contributed by atoms with E-state index in [9.17, 15) is 4.79 Å². The standard InChI is InChI=1S/C16H21N4O2S/c1-3-4-5-8-18-16(21)20-12-6-7-13(11(2)9-12)22-14-10-19-15(17)23-14/h6-7,9-10H,2-5,8H2,1H3,(H2,17,19)(H2,18,20,21). The highest BCUT2D eigenvalue weighted by molar-refractivity contribution is 7.17. The van der Waals surface area contributed by atoms with E-state index in [0.717, 1.165) is 19.3 Å². The smallest absolute Gasteiger partial charge is 0.319 e. The Morgan fingerprint density at radius 2 is 2.26 bits per heavy atom. The molecule has 0 bridgehead atoms. The van der Waals surface area contributed by atoms with Gasteiger partial charge in [-0.1, -0.05) is 31.1 Å². The molecule has 2 aromatic rings. The number of ether oxygens (including phenoxy) is 1. The zero-order valence-electron chi connectivity index (χ0n) is 13.1. The number of benzene rings is 1. The van der Waals surface area contributed by atoms with Gasteiger partial charge >= 0.3 is 6.03 Å². The number of rotatable bonds is 7. The van der Waals surface area contributed by atoms with E-state index in [1.807, 2.05) is 0 Å². The molecular weight excluding hydrogens is 312 g/mol. The average molecular weight is 333 g/mol. The lowest BCUT2D eigenvalue weighted by molar-refractivity contribution is 0.252. The number of amides is 2. The second-order valence-corrected chi connectivity index (χ2v) is 6.05. The van der Waals surface area contributed by atoms with Crippen molar-refractivity contribution >= 4 is 28.2 Å². The topological polar surface area (TPSA) is 89.3 Å². The summed E-state index contributed by atoms with van der Waals surface area (Å²) in [6.07, 6.45) is 4.78. The highest BCUT2D eigenvalue weighted by atomic mass is 32.1. The van der Waals surface area contributed by atoms with Crippen LogP contribution in [0.5, 0.6) is 10.8 Å². The Labute approximate surface area is 140 Å². The van der Waals surface area contributed by atoms with Gasteiger partial charge < -0.3 is 21.1 Å². The number of carbonyl (C=O) groups excluding carboxylic acids is 1. The van der Waals surface area contributed by atoms with Crippen molar-refractivity contribution in [3.8, 4) is 10.8 Å². The van der Waals surface area contributed by atoms with Crippen molar-refractivity contribution in [3.05, 3.63) is 36.9 Å². The maximum atomic E-state index is 11.8. The van der Waals surface area contributed by atoms with Gasteiger partial charge in [0.25, 0.3) is 0 Å². The molecule has 2 rings (SSSR count). The molecule has 2 amide bonds. The van der Waals surface area contributed by atoms with Crippen molar-refractivity contribution in [2.45, 2.75) is 26.2 Å². The van der Waals surface area contributed by atoms with E-state index >= 15 is 0 Å². The van der Waals surface area contributed by atoms with Gasteiger partial charge in [-0.05, 0) is 37.1 Å². The molecule has 1 radical (unpaired) electrons. The zero-order chi connectivity index (χ0) is 16.7. The molecule has 0 unspecified atom stereocenters. The molecule has 23 heavy (non-hydrogen) atoms. The van der Waals surface area contributed by atoms with Gasteiger partial charge in [0.1, 0.15) is 5.75 Å². The number of hydrogen-bond donors (Lipinski definition) is 3. The largest absolute Gasteiger partial charge is 0.445 e. The first kappa shape index (κ1) is 17.1. The van der Waals surface area contributed by atoms with Crippen LogP contribution >= 0.6 is 11.3 Å². The normalized spacial score (nSPS) is 10.3. The van der Waals surface area contributed by atoms with Crippen molar-refractivity contribution < 1.29 is 9.53 Å². The fourth-order valence-electron chi connectivity index (χ4n) is 1.94. The molecule has 7 heteroatoms. The third-order valence-electron chi connectivity index (χ3n) is 3.10. The summed E-state index contributed by atoms with van der Waals surface area (Å²) >= 11 is 1.26. The summed E-state index contributed by atoms with van der Waals surface area (Å²) in [5.41, 5.74) is 6.90. The van der Waals surface area contributed by atoms with Gasteiger partial charge in [-0.2, -0.15) is 0 Å². The molecule has 0 spiro atoms. The van der Waals surface area contributed by atoms with E-state index in [4.69, 9.17) is 10.5 Å². The van der Waals surface area contributed by atoms with Crippen LogP contribution < -0.4 is 21.1 Å². The van der Waals surface area contributed by atoms with Crippen LogP contribution in [0.25, 0.3) is 0 Å². The van der Waals surface area contributed by atoms with Crippen LogP contribution in [0.3, 0.4) is 0 Å². The highest BCUT2D eigenvalue weighted by Crippen LogP contribution is 2.31. The number of unbranched alkanes of at least 4 members (excludes halogenated alkanes) is 2. The predicted molar refractivity (Wildman–Crippen MR) is 94.0 cm³/mol. The van der Waals surface area contributed by atoms with E-state index in [1.54, 1.807) is 24.4 Å². The second kappa shape index (κ2) is 8.38. The number of nitrogen functional groups attached to an aromatic ring is 1. The third-order valence-corrected chi connectivity index (χ3v) is 3.80. The number of anilines is 2. The Balaban J connectivity index is 1.89. The van der Waals surface area contributed by atoms with Crippen LogP contribution in [0.1, 0.15) is 31.7 Å². The Hall–Kier alpha value is -2.28. The predicted octanol–water partition coefficient (Wildman–Crippen LogP) is 4.01. The van der Waals surface area contributed by atoms with Gasteiger partial charge in [0.15, 0.2) is 5.13 Å². The van der Waals surface area contributed by atoms with Crippen molar-refractivity contribution in [1.82, 2.24) is 10.3 Å². The molecule has 1 aromatic heterocycles. The van der Waals surface area contributed by atoms with Crippen LogP contribution in [-0.4, -0.2) is 17.6 Å². The SMILES string of the molecule is [CH2]c1cc(NC(=O)NCCCCC)ccc1Oc1cnc(N)s1. The first-order valence-corrected chi connectivity index (χ1v) is 8.30. The Bertz CT molecular complexity index is 657. The maximum Gasteiger partial charge on any atom is 0.319 e. The Morgan fingerprint density at radius 1 is 1.43 bits per heavy atom. The van der Waals surface area contributed by atoms with Crippen molar-refractivity contribution in [2.24, 2.45) is 0 Å². The molecule has 1 aromatic carbocycles. The second-order valence-electron chi connectivity index (χ2n) is 5.03. The van der Waals surface area contributed by atoms with Crippen LogP contribution in [0.4, 0.5) is 15.6 Å². The zero-order valence-corrected chi connectivity index (χ0v) is 13.9. The third kappa shape index (κ3) is 5.45. The number of thiazole rings is 1. The molecule has 123 valence electrons. The maximum absolute atomic E-state index is 11.8. The van der Waals surface area contributed by atoms with E-state index < -0.39 is 0 Å². The monoisotopic (exact) mass is 333 g/mol. The minimum absolute atomic E-state index is 0.218. The number of carbonyl (C=O) groups is 1. The number of hydrogen-bond acceptors (Lipinski definition) is 5. The van der Waals surface area contributed by atoms with Crippen LogP contribution in [0.2, 0.25) is 0 Å². The summed E-state index contributed by atoms with van der Waals surface area (Å²) in [5, 5.41) is 6.65. The Morgan fingerprint density at radius 3 is 2.91 bits per heavy atom. The minimum Gasteiger partial charge on any atom is -0.445 e. The number of nitrogens with zero attached hydrogens (tertiary/aromatic N) is 1. The van der Waals surface area contributed by atoms with Gasteiger partial charge in [0, 0.05) is 12.2 Å². The molecule has 0 saturated carbocycles. The number of nitrogens with one attached hydrogen (secondary N) is 2. The van der Waals surface area contributed by atoms with E-state index in [2.05, 4.69) is 29.5 Å². The van der Waals surface area contributed by atoms with Crippen LogP contribution in [0, 0.1) is 6.92 Å². The summed E-state index contributed by atoms with van der Waals surface area (Å²) in [6, 6.07) is 5.06. The van der Waals surface area contributed by atoms with Gasteiger partial charge in [-0.3, -0.25) is 0 Å². The summed E-state index contributed by atoms with van der Waals surface area (Å²) in [4.78, 5) is 15.7. The Kier molecular flexibility index (Phi) is 6.22. The van der Waals surface area contributed by atoms with Crippen LogP contribution in [0.15, 0.2) is 24.4 Å². The van der Waals surface area contributed by atoms with Crippen molar-refractivity contribution in [1.29, 1.82) is 0 Å². The first-order valence-electron chi connectivity index (χ1n) is 7.48. The van der Waals surface area contributed by atoms with E-state index in [1.165, 1.54) is 11.3 Å². The number of aromatic nitrogens is 1. The summed E-state index contributed by atoms with van der Waals surface area (Å²) < 4.78 is 5.67. The van der Waals surface area contributed by atoms with Crippen LogP contribution in [-0.2, 0) is 0 Å². The van der Waals surface area contributed by atoms with Crippen molar-refractivity contribution in [2.75, 3.05) is 17.6 Å². The van der Waals surface area contributed by atoms with Gasteiger partial charge in [-0.15, -0.1) is 0 Å². The number of urea groups is 1. The lowest BCUT2D eigenvalue weighted by atomic mass is 10.2. The molecule has 4 N–H and O–H groups in total. The molecule has 0 aliphatic rings. The first-order chi connectivity index (χ1) is 11.1. The van der Waals surface area contributed by atoms with Gasteiger partial charge in [0.2, 0.25) is 5.06 Å². The van der Waals surface area contributed by atoms with E-state index in [0.29, 0.717) is 33.7 Å². The fourth-order valence-corrected chi connectivity index (χ4v) is 2.49. The average Bonchev–Trinajstić information content (AvgIpc) is 2.92. The molecule has 0 atom stereocenters. The summed E-state index contributed by atoms with van der Waals surface area (Å²) in [7, 11) is 0. The molecule has 0 saturated heterocycles. The fraction of sp³-hybridized carbons (Fsp3) is 0.312.